The van der Waals surface area contributed by atoms with Crippen molar-refractivity contribution in [3.8, 4) is 0 Å². The monoisotopic (exact) mass is 381 g/mol. The molecule has 0 bridgehead atoms. The molecule has 0 radical (unpaired) electrons. The van der Waals surface area contributed by atoms with E-state index < -0.39 is 10.0 Å². The number of nitrogens with zero attached hydrogens (tertiary/aromatic N) is 2. The van der Waals surface area contributed by atoms with Gasteiger partial charge in [0, 0.05) is 37.3 Å². The number of benzene rings is 2. The van der Waals surface area contributed by atoms with E-state index in [2.05, 4.69) is 26.7 Å². The summed E-state index contributed by atoms with van der Waals surface area (Å²) in [6.07, 6.45) is 2.52. The molecule has 4 rings (SSSR count). The molecule has 27 heavy (non-hydrogen) atoms. The highest BCUT2D eigenvalue weighted by Crippen LogP contribution is 2.23. The Kier molecular flexibility index (Phi) is 4.95. The van der Waals surface area contributed by atoms with Crippen LogP contribution in [0.15, 0.2) is 65.7 Å². The van der Waals surface area contributed by atoms with Crippen LogP contribution in [0.2, 0.25) is 0 Å². The maximum atomic E-state index is 13.0. The van der Waals surface area contributed by atoms with Crippen LogP contribution in [0.3, 0.4) is 0 Å². The number of hydrogen-bond donors (Lipinski definition) is 1. The fourth-order valence-corrected chi connectivity index (χ4v) is 5.10. The number of fused-ring (bicyclic) bond motifs is 1. The lowest BCUT2D eigenvalue weighted by Crippen LogP contribution is -2.37. The van der Waals surface area contributed by atoms with Gasteiger partial charge in [0.05, 0.1) is 5.52 Å². The summed E-state index contributed by atoms with van der Waals surface area (Å²) < 4.78 is 28.8. The van der Waals surface area contributed by atoms with Crippen molar-refractivity contribution in [2.24, 2.45) is 0 Å². The van der Waals surface area contributed by atoms with E-state index in [1.807, 2.05) is 37.3 Å². The van der Waals surface area contributed by atoms with Gasteiger partial charge >= 0.3 is 0 Å². The number of para-hydroxylation sites is 1. The van der Waals surface area contributed by atoms with Gasteiger partial charge in [-0.1, -0.05) is 42.5 Å². The van der Waals surface area contributed by atoms with E-state index in [4.69, 9.17) is 0 Å². The zero-order valence-corrected chi connectivity index (χ0v) is 16.1. The molecule has 1 aliphatic rings. The Bertz CT molecular complexity index is 1050. The number of nitrogens with one attached hydrogen (secondary N) is 1. The first-order valence-corrected chi connectivity index (χ1v) is 10.6. The summed E-state index contributed by atoms with van der Waals surface area (Å²) in [5.41, 5.74) is 2.78. The quantitative estimate of drug-likeness (QED) is 0.738. The Balaban J connectivity index is 1.50. The minimum absolute atomic E-state index is 0.0839. The lowest BCUT2D eigenvalue weighted by atomic mass is 10.2. The normalized spacial score (nSPS) is 18.2. The lowest BCUT2D eigenvalue weighted by molar-refractivity contribution is 0.324. The third-order valence-corrected chi connectivity index (χ3v) is 6.50. The topological polar surface area (TPSA) is 62.3 Å². The van der Waals surface area contributed by atoms with Gasteiger partial charge in [0.15, 0.2) is 0 Å². The van der Waals surface area contributed by atoms with E-state index >= 15 is 0 Å². The molecule has 1 N–H and O–H groups in total. The minimum Gasteiger partial charge on any atom is -0.297 e. The molecule has 1 atom stereocenters. The van der Waals surface area contributed by atoms with E-state index in [9.17, 15) is 8.42 Å². The van der Waals surface area contributed by atoms with E-state index in [1.165, 1.54) is 5.56 Å². The van der Waals surface area contributed by atoms with Crippen molar-refractivity contribution >= 4 is 20.9 Å². The zero-order valence-electron chi connectivity index (χ0n) is 15.3. The highest BCUT2D eigenvalue weighted by molar-refractivity contribution is 7.89. The van der Waals surface area contributed by atoms with Crippen molar-refractivity contribution in [2.45, 2.75) is 30.8 Å². The van der Waals surface area contributed by atoms with Gasteiger partial charge in [0.25, 0.3) is 0 Å². The number of sulfonamides is 1. The van der Waals surface area contributed by atoms with Crippen LogP contribution >= 0.6 is 0 Å². The summed E-state index contributed by atoms with van der Waals surface area (Å²) in [6, 6.07) is 17.4. The standard InChI is InChI=1S/C21H23N3O2S/c1-16-12-18-8-5-9-20(21(18)22-13-16)27(25,26)23-19-10-11-24(15-19)14-17-6-3-2-4-7-17/h2-9,12-13,19,23H,10-11,14-15H2,1H3. The summed E-state index contributed by atoms with van der Waals surface area (Å²) in [5.74, 6) is 0. The Morgan fingerprint density at radius 1 is 1.15 bits per heavy atom. The summed E-state index contributed by atoms with van der Waals surface area (Å²) in [5, 5.41) is 0.843. The second-order valence-electron chi connectivity index (χ2n) is 7.17. The molecule has 1 unspecified atom stereocenters. The van der Waals surface area contributed by atoms with Crippen molar-refractivity contribution < 1.29 is 8.42 Å². The smallest absolute Gasteiger partial charge is 0.243 e. The third kappa shape index (κ3) is 4.03. The van der Waals surface area contributed by atoms with E-state index in [0.717, 1.165) is 30.5 Å². The average Bonchev–Trinajstić information content (AvgIpc) is 3.07. The molecule has 5 nitrogen and oxygen atoms in total. The Morgan fingerprint density at radius 3 is 2.78 bits per heavy atom. The molecule has 0 aliphatic carbocycles. The fourth-order valence-electron chi connectivity index (χ4n) is 3.66. The maximum absolute atomic E-state index is 13.0. The van der Waals surface area contributed by atoms with Crippen LogP contribution in [0.4, 0.5) is 0 Å². The van der Waals surface area contributed by atoms with Gasteiger partial charge in [-0.05, 0) is 36.6 Å². The molecule has 1 fully saturated rings. The zero-order chi connectivity index (χ0) is 18.9. The van der Waals surface area contributed by atoms with E-state index in [1.54, 1.807) is 18.3 Å². The number of likely N-dealkylation sites (tertiary alicyclic amines) is 1. The minimum atomic E-state index is -3.62. The Labute approximate surface area is 160 Å². The van der Waals surface area contributed by atoms with Gasteiger partial charge < -0.3 is 0 Å². The van der Waals surface area contributed by atoms with Crippen LogP contribution in [0.25, 0.3) is 10.9 Å². The number of rotatable bonds is 5. The number of aromatic nitrogens is 1. The molecule has 6 heteroatoms. The molecule has 1 aliphatic heterocycles. The SMILES string of the molecule is Cc1cnc2c(S(=O)(=O)NC3CCN(Cc4ccccc4)C3)cccc2c1. The van der Waals surface area contributed by atoms with Gasteiger partial charge in [-0.3, -0.25) is 9.88 Å². The van der Waals surface area contributed by atoms with Crippen molar-refractivity contribution in [3.05, 3.63) is 71.9 Å². The van der Waals surface area contributed by atoms with Gasteiger partial charge in [0.1, 0.15) is 4.90 Å². The molecule has 2 heterocycles. The van der Waals surface area contributed by atoms with Crippen LogP contribution < -0.4 is 4.72 Å². The first-order valence-electron chi connectivity index (χ1n) is 9.15. The molecule has 1 aromatic heterocycles. The largest absolute Gasteiger partial charge is 0.297 e. The van der Waals surface area contributed by atoms with Crippen molar-refractivity contribution in [1.82, 2.24) is 14.6 Å². The van der Waals surface area contributed by atoms with Crippen molar-refractivity contribution in [2.75, 3.05) is 13.1 Å². The summed E-state index contributed by atoms with van der Waals surface area (Å²) in [6.45, 7) is 4.39. The van der Waals surface area contributed by atoms with E-state index in [0.29, 0.717) is 12.1 Å². The first-order chi connectivity index (χ1) is 13.0. The van der Waals surface area contributed by atoms with Crippen LogP contribution in [0, 0.1) is 6.92 Å². The van der Waals surface area contributed by atoms with Crippen LogP contribution in [0.5, 0.6) is 0 Å². The van der Waals surface area contributed by atoms with Crippen LogP contribution in [-0.2, 0) is 16.6 Å². The summed E-state index contributed by atoms with van der Waals surface area (Å²) >= 11 is 0. The second-order valence-corrected chi connectivity index (χ2v) is 8.85. The third-order valence-electron chi connectivity index (χ3n) is 4.94. The predicted octanol–water partition coefficient (Wildman–Crippen LogP) is 3.10. The van der Waals surface area contributed by atoms with Gasteiger partial charge in [-0.2, -0.15) is 0 Å². The highest BCUT2D eigenvalue weighted by atomic mass is 32.2. The first kappa shape index (κ1) is 18.1. The van der Waals surface area contributed by atoms with E-state index in [-0.39, 0.29) is 10.9 Å². The molecule has 0 spiro atoms. The number of hydrogen-bond acceptors (Lipinski definition) is 4. The van der Waals surface area contributed by atoms with Gasteiger partial charge in [0.2, 0.25) is 10.0 Å². The molecule has 0 saturated carbocycles. The molecule has 2 aromatic carbocycles. The second kappa shape index (κ2) is 7.38. The van der Waals surface area contributed by atoms with Gasteiger partial charge in [-0.15, -0.1) is 0 Å². The van der Waals surface area contributed by atoms with Crippen molar-refractivity contribution in [1.29, 1.82) is 0 Å². The molecular weight excluding hydrogens is 358 g/mol. The Hall–Kier alpha value is -2.28. The van der Waals surface area contributed by atoms with Crippen LogP contribution in [0.1, 0.15) is 17.5 Å². The maximum Gasteiger partial charge on any atom is 0.243 e. The van der Waals surface area contributed by atoms with Crippen LogP contribution in [-0.4, -0.2) is 37.4 Å². The molecule has 1 saturated heterocycles. The lowest BCUT2D eigenvalue weighted by Gasteiger charge is -2.17. The summed E-state index contributed by atoms with van der Waals surface area (Å²) in [4.78, 5) is 6.90. The predicted molar refractivity (Wildman–Crippen MR) is 107 cm³/mol. The summed E-state index contributed by atoms with van der Waals surface area (Å²) in [7, 11) is -3.62. The van der Waals surface area contributed by atoms with Crippen molar-refractivity contribution in [3.63, 3.8) is 0 Å². The molecule has 0 amide bonds. The number of pyridine rings is 1. The number of aryl methyl sites for hydroxylation is 1. The molecule has 3 aromatic rings. The highest BCUT2D eigenvalue weighted by Gasteiger charge is 2.28. The van der Waals surface area contributed by atoms with Gasteiger partial charge in [-0.25, -0.2) is 13.1 Å². The fraction of sp³-hybridized carbons (Fsp3) is 0.286. The molecule has 140 valence electrons. The molecular formula is C21H23N3O2S. The Morgan fingerprint density at radius 2 is 1.96 bits per heavy atom. The average molecular weight is 382 g/mol.